The quantitative estimate of drug-likeness (QED) is 0.539. The van der Waals surface area contributed by atoms with E-state index < -0.39 is 7.95 Å². The summed E-state index contributed by atoms with van der Waals surface area (Å²) in [5, 5.41) is 10.9. The Bertz CT molecular complexity index is 76.4. The van der Waals surface area contributed by atoms with Gasteiger partial charge in [0.2, 0.25) is 0 Å². The molecule has 4 heteroatoms. The summed E-state index contributed by atoms with van der Waals surface area (Å²) in [5.41, 5.74) is 0. The van der Waals surface area contributed by atoms with Crippen molar-refractivity contribution >= 4 is 7.95 Å². The summed E-state index contributed by atoms with van der Waals surface area (Å²) in [6.45, 7) is 2.37. The van der Waals surface area contributed by atoms with E-state index in [-0.39, 0.29) is 6.61 Å². The van der Waals surface area contributed by atoms with E-state index in [9.17, 15) is 4.57 Å². The lowest BCUT2D eigenvalue weighted by Crippen LogP contribution is -2.09. The van der Waals surface area contributed by atoms with Crippen LogP contribution in [0.1, 0.15) is 6.92 Å². The second kappa shape index (κ2) is 5.29. The van der Waals surface area contributed by atoms with Gasteiger partial charge in [-0.3, -0.25) is 5.09 Å². The molecule has 8 heavy (non-hydrogen) atoms. The molecule has 0 rings (SSSR count). The minimum absolute atomic E-state index is 0.0659. The van der Waals surface area contributed by atoms with Crippen LogP contribution >= 0.6 is 7.95 Å². The zero-order valence-electron chi connectivity index (χ0n) is 4.98. The molecule has 1 unspecified atom stereocenters. The van der Waals surface area contributed by atoms with Crippen LogP contribution in [0.15, 0.2) is 0 Å². The Morgan fingerprint density at radius 1 is 1.75 bits per heavy atom. The van der Waals surface area contributed by atoms with Crippen molar-refractivity contribution in [2.24, 2.45) is 0 Å². The molecule has 0 aromatic rings. The maximum atomic E-state index is 10.5. The number of aliphatic hydroxyl groups excluding tert-OH is 1. The fourth-order valence-corrected chi connectivity index (χ4v) is 0.961. The molecule has 0 aliphatic heterocycles. The van der Waals surface area contributed by atoms with Gasteiger partial charge in [-0.25, -0.2) is 0 Å². The lowest BCUT2D eigenvalue weighted by molar-refractivity contribution is 0.301. The summed E-state index contributed by atoms with van der Waals surface area (Å²) < 4.78 is 10.5. The van der Waals surface area contributed by atoms with Gasteiger partial charge in [-0.2, -0.15) is 0 Å². The predicted molar refractivity (Wildman–Crippen MR) is 34.6 cm³/mol. The molecule has 0 saturated carbocycles. The summed E-state index contributed by atoms with van der Waals surface area (Å²) in [6, 6.07) is 0. The van der Waals surface area contributed by atoms with Gasteiger partial charge >= 0.3 is 0 Å². The van der Waals surface area contributed by atoms with Crippen LogP contribution in [0, 0.1) is 0 Å². The van der Waals surface area contributed by atoms with E-state index in [1.54, 1.807) is 0 Å². The van der Waals surface area contributed by atoms with Crippen molar-refractivity contribution in [1.29, 1.82) is 0 Å². The zero-order valence-corrected chi connectivity index (χ0v) is 5.98. The van der Waals surface area contributed by atoms with Crippen molar-refractivity contribution < 1.29 is 9.67 Å². The van der Waals surface area contributed by atoms with Crippen LogP contribution in [0.4, 0.5) is 0 Å². The molecule has 1 atom stereocenters. The standard InChI is InChI=1S/C4H12NO2P/c1-2-8(7)5-3-4-6/h6,8H,2-4H2,1H3,(H,5,7). The third-order valence-electron chi connectivity index (χ3n) is 0.755. The molecule has 0 aromatic carbocycles. The summed E-state index contributed by atoms with van der Waals surface area (Å²) in [4.78, 5) is 0. The van der Waals surface area contributed by atoms with Gasteiger partial charge in [0.15, 0.2) is 0 Å². The van der Waals surface area contributed by atoms with E-state index in [0.717, 1.165) is 0 Å². The highest BCUT2D eigenvalue weighted by Gasteiger charge is 1.89. The molecule has 3 nitrogen and oxygen atoms in total. The molecule has 0 spiro atoms. The molecule has 0 bridgehead atoms. The molecule has 0 saturated heterocycles. The number of rotatable bonds is 4. The van der Waals surface area contributed by atoms with E-state index in [1.165, 1.54) is 0 Å². The second-order valence-electron chi connectivity index (χ2n) is 1.43. The van der Waals surface area contributed by atoms with Crippen molar-refractivity contribution in [2.75, 3.05) is 19.3 Å². The Balaban J connectivity index is 2.99. The molecular formula is C4H12NO2P. The lowest BCUT2D eigenvalue weighted by atomic mass is 10.8. The maximum absolute atomic E-state index is 10.5. The highest BCUT2D eigenvalue weighted by Crippen LogP contribution is 2.10. The smallest absolute Gasteiger partial charge is 0.136 e. The van der Waals surface area contributed by atoms with Crippen molar-refractivity contribution in [1.82, 2.24) is 5.09 Å². The molecular weight excluding hydrogens is 125 g/mol. The molecule has 0 heterocycles. The first kappa shape index (κ1) is 8.15. The van der Waals surface area contributed by atoms with E-state index in [0.29, 0.717) is 12.7 Å². The van der Waals surface area contributed by atoms with E-state index in [4.69, 9.17) is 5.11 Å². The van der Waals surface area contributed by atoms with E-state index >= 15 is 0 Å². The predicted octanol–water partition coefficient (Wildman–Crippen LogP) is 0.0629. The third-order valence-corrected chi connectivity index (χ3v) is 2.04. The third kappa shape index (κ3) is 4.31. The fraction of sp³-hybridized carbons (Fsp3) is 1.00. The topological polar surface area (TPSA) is 49.3 Å². The first-order valence-corrected chi connectivity index (χ1v) is 4.30. The number of nitrogens with one attached hydrogen (secondary N) is 1. The van der Waals surface area contributed by atoms with Crippen LogP contribution in [0.25, 0.3) is 0 Å². The zero-order chi connectivity index (χ0) is 6.41. The molecule has 0 aliphatic rings. The van der Waals surface area contributed by atoms with Crippen LogP contribution in [0.2, 0.25) is 0 Å². The van der Waals surface area contributed by atoms with Gasteiger partial charge in [-0.1, -0.05) is 6.92 Å². The van der Waals surface area contributed by atoms with Gasteiger partial charge in [0.25, 0.3) is 0 Å². The maximum Gasteiger partial charge on any atom is 0.136 e. The number of hydrogen-bond acceptors (Lipinski definition) is 2. The first-order valence-electron chi connectivity index (χ1n) is 2.68. The minimum Gasteiger partial charge on any atom is -0.395 e. The van der Waals surface area contributed by atoms with Gasteiger partial charge < -0.3 is 9.67 Å². The summed E-state index contributed by atoms with van der Waals surface area (Å²) in [5.74, 6) is 0. The van der Waals surface area contributed by atoms with E-state index in [1.807, 2.05) is 6.92 Å². The summed E-state index contributed by atoms with van der Waals surface area (Å²) in [7, 11) is -1.55. The monoisotopic (exact) mass is 137 g/mol. The lowest BCUT2D eigenvalue weighted by Gasteiger charge is -1.96. The highest BCUT2D eigenvalue weighted by molar-refractivity contribution is 7.42. The number of aliphatic hydroxyl groups is 1. The van der Waals surface area contributed by atoms with Crippen LogP contribution in [-0.4, -0.2) is 24.4 Å². The normalized spacial score (nSPS) is 13.8. The SMILES string of the molecule is CC[PH](=O)NCCO. The molecule has 2 N–H and O–H groups in total. The van der Waals surface area contributed by atoms with Gasteiger partial charge in [0, 0.05) is 12.7 Å². The molecule has 0 aromatic heterocycles. The second-order valence-corrected chi connectivity index (χ2v) is 3.33. The molecule has 0 amide bonds. The van der Waals surface area contributed by atoms with Crippen molar-refractivity contribution in [3.8, 4) is 0 Å². The first-order chi connectivity index (χ1) is 3.81. The molecule has 0 fully saturated rings. The summed E-state index contributed by atoms with van der Waals surface area (Å²) >= 11 is 0. The fourth-order valence-electron chi connectivity index (χ4n) is 0.320. The Hall–Kier alpha value is 0.150. The van der Waals surface area contributed by atoms with E-state index in [2.05, 4.69) is 5.09 Å². The Labute approximate surface area is 49.9 Å². The summed E-state index contributed by atoms with van der Waals surface area (Å²) in [6.07, 6.45) is 0.671. The van der Waals surface area contributed by atoms with Crippen LogP contribution in [0.5, 0.6) is 0 Å². The average Bonchev–Trinajstić information content (AvgIpc) is 1.83. The van der Waals surface area contributed by atoms with Crippen LogP contribution in [-0.2, 0) is 4.57 Å². The number of hydrogen-bond donors (Lipinski definition) is 2. The van der Waals surface area contributed by atoms with Crippen molar-refractivity contribution in [3.05, 3.63) is 0 Å². The van der Waals surface area contributed by atoms with Crippen molar-refractivity contribution in [3.63, 3.8) is 0 Å². The van der Waals surface area contributed by atoms with Crippen molar-refractivity contribution in [2.45, 2.75) is 6.92 Å². The van der Waals surface area contributed by atoms with Gasteiger partial charge in [0.1, 0.15) is 7.95 Å². The van der Waals surface area contributed by atoms with Gasteiger partial charge in [-0.05, 0) is 0 Å². The molecule has 0 radical (unpaired) electrons. The van der Waals surface area contributed by atoms with Gasteiger partial charge in [0.05, 0.1) is 6.61 Å². The van der Waals surface area contributed by atoms with Gasteiger partial charge in [-0.15, -0.1) is 0 Å². The Kier molecular flexibility index (Phi) is 5.39. The molecule has 50 valence electrons. The highest BCUT2D eigenvalue weighted by atomic mass is 31.1. The van der Waals surface area contributed by atoms with Crippen LogP contribution in [0.3, 0.4) is 0 Å². The average molecular weight is 137 g/mol. The van der Waals surface area contributed by atoms with Crippen LogP contribution < -0.4 is 5.09 Å². The Morgan fingerprint density at radius 2 is 2.38 bits per heavy atom. The largest absolute Gasteiger partial charge is 0.395 e. The Morgan fingerprint density at radius 3 is 2.75 bits per heavy atom. The molecule has 0 aliphatic carbocycles. The minimum atomic E-state index is -1.55.